The summed E-state index contributed by atoms with van der Waals surface area (Å²) in [4.78, 5) is 25.7. The van der Waals surface area contributed by atoms with Crippen LogP contribution in [0.5, 0.6) is 0 Å². The van der Waals surface area contributed by atoms with Crippen molar-refractivity contribution in [2.75, 3.05) is 11.9 Å². The minimum absolute atomic E-state index is 0.0395. The summed E-state index contributed by atoms with van der Waals surface area (Å²) in [5.74, 6) is -0.713. The summed E-state index contributed by atoms with van der Waals surface area (Å²) < 4.78 is 1.50. The summed E-state index contributed by atoms with van der Waals surface area (Å²) in [6, 6.07) is 0. The predicted octanol–water partition coefficient (Wildman–Crippen LogP) is 0.150. The summed E-state index contributed by atoms with van der Waals surface area (Å²) in [5, 5.41) is 11.1. The van der Waals surface area contributed by atoms with Gasteiger partial charge in [-0.3, -0.25) is 9.59 Å². The molecule has 0 aliphatic heterocycles. The first-order chi connectivity index (χ1) is 7.15. The topological polar surface area (TPSA) is 84.2 Å². The van der Waals surface area contributed by atoms with Crippen molar-refractivity contribution in [2.24, 2.45) is 0 Å². The largest absolute Gasteiger partial charge is 0.481 e. The van der Waals surface area contributed by atoms with Gasteiger partial charge in [-0.2, -0.15) is 0 Å². The Morgan fingerprint density at radius 2 is 2.40 bits per heavy atom. The van der Waals surface area contributed by atoms with Crippen LogP contribution < -0.4 is 10.9 Å². The molecule has 0 saturated heterocycles. The highest BCUT2D eigenvalue weighted by atomic mass is 16.4. The van der Waals surface area contributed by atoms with Gasteiger partial charge in [0.2, 0.25) is 0 Å². The van der Waals surface area contributed by atoms with Crippen molar-refractivity contribution >= 4 is 11.8 Å². The molecule has 1 rings (SSSR count). The van der Waals surface area contributed by atoms with Crippen LogP contribution in [-0.2, 0) is 11.3 Å². The normalized spacial score (nSPS) is 9.93. The summed E-state index contributed by atoms with van der Waals surface area (Å²) in [7, 11) is 0. The number of carboxylic acids is 1. The Kier molecular flexibility index (Phi) is 3.84. The molecule has 0 aliphatic rings. The van der Waals surface area contributed by atoms with Crippen LogP contribution in [0.25, 0.3) is 0 Å². The second-order valence-electron chi connectivity index (χ2n) is 2.94. The van der Waals surface area contributed by atoms with E-state index in [9.17, 15) is 9.59 Å². The number of nitrogens with zero attached hydrogens (tertiary/aromatic N) is 2. The fourth-order valence-electron chi connectivity index (χ4n) is 1.11. The van der Waals surface area contributed by atoms with Gasteiger partial charge in [-0.25, -0.2) is 4.98 Å². The third kappa shape index (κ3) is 3.08. The van der Waals surface area contributed by atoms with E-state index in [1.54, 1.807) is 6.20 Å². The van der Waals surface area contributed by atoms with Crippen LogP contribution in [0.4, 0.5) is 5.82 Å². The lowest BCUT2D eigenvalue weighted by Crippen LogP contribution is -2.24. The van der Waals surface area contributed by atoms with E-state index in [2.05, 4.69) is 10.3 Å². The summed E-state index contributed by atoms with van der Waals surface area (Å²) in [5.41, 5.74) is -0.231. The van der Waals surface area contributed by atoms with Crippen molar-refractivity contribution in [1.29, 1.82) is 0 Å². The Hall–Kier alpha value is -1.85. The van der Waals surface area contributed by atoms with Gasteiger partial charge in [0.05, 0.1) is 6.42 Å². The number of carbonyl (C=O) groups is 1. The van der Waals surface area contributed by atoms with Crippen molar-refractivity contribution in [2.45, 2.75) is 19.9 Å². The predicted molar refractivity (Wildman–Crippen MR) is 54.9 cm³/mol. The van der Waals surface area contributed by atoms with Crippen LogP contribution in [0.1, 0.15) is 13.3 Å². The average Bonchev–Trinajstić information content (AvgIpc) is 2.20. The van der Waals surface area contributed by atoms with Gasteiger partial charge in [0.25, 0.3) is 5.56 Å². The molecule has 0 amide bonds. The zero-order valence-corrected chi connectivity index (χ0v) is 8.43. The summed E-state index contributed by atoms with van der Waals surface area (Å²) in [6.45, 7) is 2.61. The van der Waals surface area contributed by atoms with Gasteiger partial charge in [-0.05, 0) is 6.92 Å². The molecule has 0 atom stereocenters. The van der Waals surface area contributed by atoms with E-state index in [0.29, 0.717) is 6.54 Å². The zero-order chi connectivity index (χ0) is 11.3. The highest BCUT2D eigenvalue weighted by Crippen LogP contribution is 1.93. The SMILES string of the molecule is CCn1ccnc(NCCC(=O)O)c1=O. The second-order valence-corrected chi connectivity index (χ2v) is 2.94. The van der Waals surface area contributed by atoms with Crippen LogP contribution in [0.3, 0.4) is 0 Å². The van der Waals surface area contributed by atoms with E-state index in [4.69, 9.17) is 5.11 Å². The number of carboxylic acid groups (broad SMARTS) is 1. The molecule has 0 unspecified atom stereocenters. The Balaban J connectivity index is 2.69. The minimum atomic E-state index is -0.908. The molecule has 1 heterocycles. The van der Waals surface area contributed by atoms with Gasteiger partial charge in [-0.15, -0.1) is 0 Å². The monoisotopic (exact) mass is 211 g/mol. The van der Waals surface area contributed by atoms with Crippen LogP contribution in [-0.4, -0.2) is 27.2 Å². The van der Waals surface area contributed by atoms with Crippen molar-refractivity contribution in [3.05, 3.63) is 22.7 Å². The standard InChI is InChI=1S/C9H13N3O3/c1-2-12-6-5-11-8(9(12)15)10-4-3-7(13)14/h5-6H,2-4H2,1H3,(H,10,11)(H,13,14). The van der Waals surface area contributed by atoms with E-state index in [1.807, 2.05) is 6.92 Å². The third-order valence-corrected chi connectivity index (χ3v) is 1.89. The van der Waals surface area contributed by atoms with Crippen molar-refractivity contribution in [1.82, 2.24) is 9.55 Å². The fourth-order valence-corrected chi connectivity index (χ4v) is 1.11. The fraction of sp³-hybridized carbons (Fsp3) is 0.444. The Morgan fingerprint density at radius 1 is 1.67 bits per heavy atom. The third-order valence-electron chi connectivity index (χ3n) is 1.89. The molecular weight excluding hydrogens is 198 g/mol. The Morgan fingerprint density at radius 3 is 3.00 bits per heavy atom. The number of aryl methyl sites for hydroxylation is 1. The van der Waals surface area contributed by atoms with E-state index >= 15 is 0 Å². The first-order valence-corrected chi connectivity index (χ1v) is 4.66. The first-order valence-electron chi connectivity index (χ1n) is 4.66. The van der Waals surface area contributed by atoms with Crippen molar-refractivity contribution in [3.8, 4) is 0 Å². The number of anilines is 1. The molecule has 0 spiro atoms. The molecule has 1 aromatic rings. The maximum absolute atomic E-state index is 11.6. The zero-order valence-electron chi connectivity index (χ0n) is 8.43. The van der Waals surface area contributed by atoms with Crippen molar-refractivity contribution < 1.29 is 9.90 Å². The van der Waals surface area contributed by atoms with Gasteiger partial charge in [0.1, 0.15) is 0 Å². The van der Waals surface area contributed by atoms with Crippen LogP contribution in [0, 0.1) is 0 Å². The van der Waals surface area contributed by atoms with Crippen LogP contribution in [0.15, 0.2) is 17.2 Å². The number of hydrogen-bond donors (Lipinski definition) is 2. The molecule has 82 valence electrons. The second kappa shape index (κ2) is 5.14. The smallest absolute Gasteiger partial charge is 0.305 e. The first kappa shape index (κ1) is 11.2. The number of rotatable bonds is 5. The molecule has 0 bridgehead atoms. The highest BCUT2D eigenvalue weighted by molar-refractivity contribution is 5.67. The molecule has 0 fully saturated rings. The van der Waals surface area contributed by atoms with Crippen LogP contribution in [0.2, 0.25) is 0 Å². The number of nitrogens with one attached hydrogen (secondary N) is 1. The van der Waals surface area contributed by atoms with Crippen molar-refractivity contribution in [3.63, 3.8) is 0 Å². The van der Waals surface area contributed by atoms with Gasteiger partial charge < -0.3 is 15.0 Å². The maximum Gasteiger partial charge on any atom is 0.305 e. The van der Waals surface area contributed by atoms with Gasteiger partial charge >= 0.3 is 5.97 Å². The molecule has 6 nitrogen and oxygen atoms in total. The molecule has 0 radical (unpaired) electrons. The summed E-state index contributed by atoms with van der Waals surface area (Å²) >= 11 is 0. The average molecular weight is 211 g/mol. The molecule has 1 aromatic heterocycles. The molecule has 15 heavy (non-hydrogen) atoms. The lowest BCUT2D eigenvalue weighted by molar-refractivity contribution is -0.136. The molecule has 2 N–H and O–H groups in total. The Bertz CT molecular complexity index is 400. The number of aromatic nitrogens is 2. The van der Waals surface area contributed by atoms with E-state index in [-0.39, 0.29) is 24.3 Å². The lowest BCUT2D eigenvalue weighted by Gasteiger charge is -2.05. The van der Waals surface area contributed by atoms with Gasteiger partial charge in [0, 0.05) is 25.5 Å². The highest BCUT2D eigenvalue weighted by Gasteiger charge is 2.03. The summed E-state index contributed by atoms with van der Waals surface area (Å²) in [6.07, 6.45) is 3.06. The van der Waals surface area contributed by atoms with Gasteiger partial charge in [-0.1, -0.05) is 0 Å². The molecule has 0 aromatic carbocycles. The quantitative estimate of drug-likeness (QED) is 0.724. The number of aliphatic carboxylic acids is 1. The molecular formula is C9H13N3O3. The van der Waals surface area contributed by atoms with E-state index in [0.717, 1.165) is 0 Å². The molecule has 6 heteroatoms. The lowest BCUT2D eigenvalue weighted by atomic mass is 10.4. The maximum atomic E-state index is 11.6. The molecule has 0 saturated carbocycles. The van der Waals surface area contributed by atoms with Crippen LogP contribution >= 0.6 is 0 Å². The minimum Gasteiger partial charge on any atom is -0.481 e. The molecule has 0 aliphatic carbocycles. The van der Waals surface area contributed by atoms with E-state index in [1.165, 1.54) is 10.8 Å². The number of hydrogen-bond acceptors (Lipinski definition) is 4. The van der Waals surface area contributed by atoms with E-state index < -0.39 is 5.97 Å². The van der Waals surface area contributed by atoms with Gasteiger partial charge in [0.15, 0.2) is 5.82 Å². The Labute approximate surface area is 86.6 Å².